The maximum Gasteiger partial charge on any atom is 0.233 e. The van der Waals surface area contributed by atoms with Gasteiger partial charge in [-0.1, -0.05) is 12.2 Å². The van der Waals surface area contributed by atoms with Crippen LogP contribution < -0.4 is 5.32 Å². The average molecular weight is 175 g/mol. The normalized spacial score (nSPS) is 19.7. The van der Waals surface area contributed by atoms with Crippen LogP contribution >= 0.6 is 0 Å². The van der Waals surface area contributed by atoms with Crippen LogP contribution in [0.3, 0.4) is 0 Å². The smallest absolute Gasteiger partial charge is 0.233 e. The minimum absolute atomic E-state index is 0.0120. The minimum atomic E-state index is -0.0366. The van der Waals surface area contributed by atoms with E-state index in [1.807, 2.05) is 0 Å². The number of carbonyl (C=O) groups is 1. The predicted octanol–water partition coefficient (Wildman–Crippen LogP) is 0.991. The van der Waals surface area contributed by atoms with E-state index in [0.717, 1.165) is 12.0 Å². The van der Waals surface area contributed by atoms with E-state index >= 15 is 0 Å². The Morgan fingerprint density at radius 1 is 1.62 bits per heavy atom. The van der Waals surface area contributed by atoms with Crippen molar-refractivity contribution in [3.05, 3.63) is 30.7 Å². The highest BCUT2D eigenvalue weighted by atomic mass is 16.2. The first kappa shape index (κ1) is 7.91. The van der Waals surface area contributed by atoms with Gasteiger partial charge < -0.3 is 5.32 Å². The summed E-state index contributed by atoms with van der Waals surface area (Å²) in [6.45, 7) is 3.71. The highest BCUT2D eigenvalue weighted by Gasteiger charge is 2.34. The van der Waals surface area contributed by atoms with Gasteiger partial charge in [0.15, 0.2) is 5.82 Å². The Hall–Kier alpha value is -1.71. The van der Waals surface area contributed by atoms with Gasteiger partial charge in [0.05, 0.1) is 12.1 Å². The van der Waals surface area contributed by atoms with Crippen LogP contribution in [0, 0.1) is 5.92 Å². The van der Waals surface area contributed by atoms with E-state index in [1.54, 1.807) is 6.20 Å². The van der Waals surface area contributed by atoms with Crippen LogP contribution in [0.2, 0.25) is 0 Å². The second-order valence-electron chi connectivity index (χ2n) is 2.99. The molecular formula is C9H9N3O. The molecule has 0 bridgehead atoms. The van der Waals surface area contributed by atoms with Gasteiger partial charge in [-0.3, -0.25) is 9.78 Å². The lowest BCUT2D eigenvalue weighted by Gasteiger charge is -2.00. The van der Waals surface area contributed by atoms with Gasteiger partial charge in [0.1, 0.15) is 0 Å². The third-order valence-corrected chi connectivity index (χ3v) is 1.93. The topological polar surface area (TPSA) is 54.9 Å². The van der Waals surface area contributed by atoms with Crippen molar-refractivity contribution in [3.8, 4) is 0 Å². The molecule has 1 atom stereocenters. The SMILES string of the molecule is C=C1CC1C(=O)Nc1cnccn1. The van der Waals surface area contributed by atoms with Crippen LogP contribution in [0.1, 0.15) is 6.42 Å². The van der Waals surface area contributed by atoms with E-state index in [4.69, 9.17) is 0 Å². The second kappa shape index (κ2) is 2.97. The van der Waals surface area contributed by atoms with Crippen molar-refractivity contribution in [1.29, 1.82) is 0 Å². The molecule has 1 N–H and O–H groups in total. The number of carbonyl (C=O) groups excluding carboxylic acids is 1. The van der Waals surface area contributed by atoms with E-state index < -0.39 is 0 Å². The van der Waals surface area contributed by atoms with E-state index in [9.17, 15) is 4.79 Å². The summed E-state index contributed by atoms with van der Waals surface area (Å²) in [6, 6.07) is 0. The summed E-state index contributed by atoms with van der Waals surface area (Å²) in [7, 11) is 0. The van der Waals surface area contributed by atoms with Gasteiger partial charge in [-0.05, 0) is 6.42 Å². The molecule has 1 unspecified atom stereocenters. The number of hydrogen-bond acceptors (Lipinski definition) is 3. The van der Waals surface area contributed by atoms with Crippen molar-refractivity contribution in [2.45, 2.75) is 6.42 Å². The van der Waals surface area contributed by atoms with Gasteiger partial charge in [-0.15, -0.1) is 0 Å². The summed E-state index contributed by atoms with van der Waals surface area (Å²) in [5.74, 6) is 0.444. The molecule has 0 spiro atoms. The van der Waals surface area contributed by atoms with Gasteiger partial charge in [0.2, 0.25) is 5.91 Å². The molecule has 1 heterocycles. The quantitative estimate of drug-likeness (QED) is 0.682. The lowest BCUT2D eigenvalue weighted by Crippen LogP contribution is -2.14. The van der Waals surface area contributed by atoms with Gasteiger partial charge in [0, 0.05) is 12.4 Å². The van der Waals surface area contributed by atoms with E-state index in [2.05, 4.69) is 21.9 Å². The Labute approximate surface area is 75.7 Å². The van der Waals surface area contributed by atoms with Crippen molar-refractivity contribution in [2.75, 3.05) is 5.32 Å². The zero-order chi connectivity index (χ0) is 9.26. The Balaban J connectivity index is 1.99. The van der Waals surface area contributed by atoms with Gasteiger partial charge >= 0.3 is 0 Å². The Bertz CT molecular complexity index is 347. The third kappa shape index (κ3) is 1.72. The van der Waals surface area contributed by atoms with Gasteiger partial charge in [-0.25, -0.2) is 4.98 Å². The molecular weight excluding hydrogens is 166 g/mol. The molecule has 1 amide bonds. The molecule has 1 saturated carbocycles. The van der Waals surface area contributed by atoms with E-state index in [-0.39, 0.29) is 11.8 Å². The number of nitrogens with zero attached hydrogens (tertiary/aromatic N) is 2. The Morgan fingerprint density at radius 2 is 2.38 bits per heavy atom. The molecule has 1 aliphatic rings. The molecule has 1 aliphatic carbocycles. The Kier molecular flexibility index (Phi) is 1.81. The zero-order valence-electron chi connectivity index (χ0n) is 7.03. The lowest BCUT2D eigenvalue weighted by atomic mass is 10.4. The fraction of sp³-hybridized carbons (Fsp3) is 0.222. The summed E-state index contributed by atoms with van der Waals surface area (Å²) in [4.78, 5) is 19.1. The number of aromatic nitrogens is 2. The van der Waals surface area contributed by atoms with Gasteiger partial charge in [0.25, 0.3) is 0 Å². The number of rotatable bonds is 2. The number of nitrogens with one attached hydrogen (secondary N) is 1. The fourth-order valence-electron chi connectivity index (χ4n) is 1.06. The summed E-state index contributed by atoms with van der Waals surface area (Å²) in [5, 5.41) is 2.66. The van der Waals surface area contributed by atoms with Crippen molar-refractivity contribution >= 4 is 11.7 Å². The molecule has 2 rings (SSSR count). The minimum Gasteiger partial charge on any atom is -0.309 e. The van der Waals surface area contributed by atoms with Crippen LogP contribution in [-0.2, 0) is 4.79 Å². The first-order chi connectivity index (χ1) is 6.27. The molecule has 4 nitrogen and oxygen atoms in total. The molecule has 1 aromatic rings. The predicted molar refractivity (Wildman–Crippen MR) is 47.9 cm³/mol. The van der Waals surface area contributed by atoms with E-state index in [1.165, 1.54) is 12.4 Å². The molecule has 13 heavy (non-hydrogen) atoms. The fourth-order valence-corrected chi connectivity index (χ4v) is 1.06. The summed E-state index contributed by atoms with van der Waals surface area (Å²) < 4.78 is 0. The van der Waals surface area contributed by atoms with Crippen LogP contribution in [0.15, 0.2) is 30.7 Å². The van der Waals surface area contributed by atoms with Crippen molar-refractivity contribution in [2.24, 2.45) is 5.92 Å². The maximum atomic E-state index is 11.3. The number of hydrogen-bond donors (Lipinski definition) is 1. The summed E-state index contributed by atoms with van der Waals surface area (Å²) >= 11 is 0. The Morgan fingerprint density at radius 3 is 2.92 bits per heavy atom. The van der Waals surface area contributed by atoms with Crippen molar-refractivity contribution < 1.29 is 4.79 Å². The second-order valence-corrected chi connectivity index (χ2v) is 2.99. The molecule has 1 fully saturated rings. The molecule has 0 saturated heterocycles. The molecule has 4 heteroatoms. The number of amides is 1. The van der Waals surface area contributed by atoms with Crippen LogP contribution in [-0.4, -0.2) is 15.9 Å². The zero-order valence-corrected chi connectivity index (χ0v) is 7.03. The highest BCUT2D eigenvalue weighted by Crippen LogP contribution is 2.36. The summed E-state index contributed by atoms with van der Waals surface area (Å²) in [6.07, 6.45) is 5.41. The molecule has 0 radical (unpaired) electrons. The summed E-state index contributed by atoms with van der Waals surface area (Å²) in [5.41, 5.74) is 0.987. The van der Waals surface area contributed by atoms with Crippen LogP contribution in [0.25, 0.3) is 0 Å². The first-order valence-electron chi connectivity index (χ1n) is 4.02. The first-order valence-corrected chi connectivity index (χ1v) is 4.02. The third-order valence-electron chi connectivity index (χ3n) is 1.93. The highest BCUT2D eigenvalue weighted by molar-refractivity contribution is 5.96. The number of anilines is 1. The van der Waals surface area contributed by atoms with Crippen molar-refractivity contribution in [1.82, 2.24) is 9.97 Å². The molecule has 0 aromatic carbocycles. The lowest BCUT2D eigenvalue weighted by molar-refractivity contribution is -0.117. The molecule has 0 aliphatic heterocycles. The maximum absolute atomic E-state index is 11.3. The molecule has 1 aromatic heterocycles. The largest absolute Gasteiger partial charge is 0.309 e. The van der Waals surface area contributed by atoms with E-state index in [0.29, 0.717) is 5.82 Å². The standard InChI is InChI=1S/C9H9N3O/c1-6-4-7(6)9(13)12-8-5-10-2-3-11-8/h2-3,5,7H,1,4H2,(H,11,12,13). The average Bonchev–Trinajstić information content (AvgIpc) is 2.84. The molecule has 66 valence electrons. The van der Waals surface area contributed by atoms with Gasteiger partial charge in [-0.2, -0.15) is 0 Å². The van der Waals surface area contributed by atoms with Crippen LogP contribution in [0.4, 0.5) is 5.82 Å². The monoisotopic (exact) mass is 175 g/mol. The van der Waals surface area contributed by atoms with Crippen molar-refractivity contribution in [3.63, 3.8) is 0 Å². The van der Waals surface area contributed by atoms with Crippen LogP contribution in [0.5, 0.6) is 0 Å².